The van der Waals surface area contributed by atoms with Crippen molar-refractivity contribution >= 4 is 21.8 Å². The summed E-state index contributed by atoms with van der Waals surface area (Å²) in [5.74, 6) is -0.136. The lowest BCUT2D eigenvalue weighted by atomic mass is 10.2. The van der Waals surface area contributed by atoms with Crippen molar-refractivity contribution in [2.75, 3.05) is 0 Å². The smallest absolute Gasteiger partial charge is 0.253 e. The van der Waals surface area contributed by atoms with Crippen molar-refractivity contribution in [3.05, 3.63) is 47.0 Å². The van der Waals surface area contributed by atoms with E-state index in [0.29, 0.717) is 12.1 Å². The second-order valence-electron chi connectivity index (χ2n) is 3.99. The highest BCUT2D eigenvalue weighted by Gasteiger charge is 2.10. The number of aromatic nitrogens is 3. The fourth-order valence-electron chi connectivity index (χ4n) is 1.58. The number of pyridine rings is 1. The fraction of sp³-hybridized carbons (Fsp3) is 0.250. The molecule has 0 aliphatic carbocycles. The molecular weight excluding hydrogens is 296 g/mol. The highest BCUT2D eigenvalue weighted by atomic mass is 79.9. The molecule has 0 aromatic carbocycles. The minimum atomic E-state index is -0.136. The monoisotopic (exact) mass is 308 g/mol. The molecule has 94 valence electrons. The van der Waals surface area contributed by atoms with Gasteiger partial charge < -0.3 is 5.32 Å². The normalized spacial score (nSPS) is 12.1. The number of carbonyl (C=O) groups excluding carboxylic acids is 1. The molecule has 0 aliphatic rings. The fourth-order valence-corrected chi connectivity index (χ4v) is 1.94. The van der Waals surface area contributed by atoms with E-state index < -0.39 is 0 Å². The van der Waals surface area contributed by atoms with Crippen LogP contribution in [-0.4, -0.2) is 26.7 Å². The average Bonchev–Trinajstić information content (AvgIpc) is 2.81. The second kappa shape index (κ2) is 5.77. The summed E-state index contributed by atoms with van der Waals surface area (Å²) in [6, 6.07) is 3.59. The molecule has 0 spiro atoms. The maximum atomic E-state index is 11.9. The van der Waals surface area contributed by atoms with Crippen LogP contribution >= 0.6 is 15.9 Å². The van der Waals surface area contributed by atoms with Crippen molar-refractivity contribution in [3.8, 4) is 0 Å². The molecular formula is C12H13BrN4O. The van der Waals surface area contributed by atoms with Crippen LogP contribution in [0.4, 0.5) is 0 Å². The predicted octanol–water partition coefficient (Wildman–Crippen LogP) is 1.86. The maximum absolute atomic E-state index is 11.9. The Morgan fingerprint density at radius 1 is 1.56 bits per heavy atom. The van der Waals surface area contributed by atoms with Gasteiger partial charge in [0.1, 0.15) is 0 Å². The van der Waals surface area contributed by atoms with Crippen molar-refractivity contribution in [2.24, 2.45) is 0 Å². The highest BCUT2D eigenvalue weighted by molar-refractivity contribution is 9.10. The van der Waals surface area contributed by atoms with E-state index in [-0.39, 0.29) is 11.9 Å². The van der Waals surface area contributed by atoms with Crippen LogP contribution in [0.3, 0.4) is 0 Å². The molecule has 0 bridgehead atoms. The first-order valence-corrected chi connectivity index (χ1v) is 6.33. The van der Waals surface area contributed by atoms with Crippen molar-refractivity contribution in [2.45, 2.75) is 19.5 Å². The number of amides is 1. The molecule has 5 nitrogen and oxygen atoms in total. The van der Waals surface area contributed by atoms with Crippen molar-refractivity contribution in [3.63, 3.8) is 0 Å². The van der Waals surface area contributed by atoms with Gasteiger partial charge in [-0.15, -0.1) is 0 Å². The predicted molar refractivity (Wildman–Crippen MR) is 71.1 cm³/mol. The molecule has 18 heavy (non-hydrogen) atoms. The minimum absolute atomic E-state index is 0.00335. The van der Waals surface area contributed by atoms with Gasteiger partial charge in [0.15, 0.2) is 0 Å². The van der Waals surface area contributed by atoms with Gasteiger partial charge in [-0.05, 0) is 35.0 Å². The summed E-state index contributed by atoms with van der Waals surface area (Å²) in [7, 11) is 0. The van der Waals surface area contributed by atoms with E-state index in [1.807, 2.05) is 19.2 Å². The molecule has 2 heterocycles. The third-order valence-corrected chi connectivity index (χ3v) is 2.80. The van der Waals surface area contributed by atoms with Gasteiger partial charge in [0.2, 0.25) is 0 Å². The Hall–Kier alpha value is -1.69. The van der Waals surface area contributed by atoms with Crippen LogP contribution < -0.4 is 5.32 Å². The summed E-state index contributed by atoms with van der Waals surface area (Å²) in [4.78, 5) is 15.9. The first-order chi connectivity index (χ1) is 8.65. The lowest BCUT2D eigenvalue weighted by molar-refractivity contribution is 0.0935. The maximum Gasteiger partial charge on any atom is 0.253 e. The van der Waals surface area contributed by atoms with Crippen LogP contribution in [0.15, 0.2) is 41.4 Å². The zero-order valence-electron chi connectivity index (χ0n) is 9.88. The Bertz CT molecular complexity index is 527. The minimum Gasteiger partial charge on any atom is -0.348 e. The quantitative estimate of drug-likeness (QED) is 0.938. The lowest BCUT2D eigenvalue weighted by Crippen LogP contribution is -2.35. The van der Waals surface area contributed by atoms with E-state index in [9.17, 15) is 4.79 Å². The van der Waals surface area contributed by atoms with Gasteiger partial charge >= 0.3 is 0 Å². The van der Waals surface area contributed by atoms with Crippen molar-refractivity contribution < 1.29 is 4.79 Å². The first-order valence-electron chi connectivity index (χ1n) is 5.54. The van der Waals surface area contributed by atoms with Crippen LogP contribution in [0, 0.1) is 0 Å². The topological polar surface area (TPSA) is 59.8 Å². The van der Waals surface area contributed by atoms with Crippen molar-refractivity contribution in [1.82, 2.24) is 20.1 Å². The number of hydrogen-bond donors (Lipinski definition) is 1. The number of halogens is 1. The zero-order chi connectivity index (χ0) is 13.0. The average molecular weight is 309 g/mol. The highest BCUT2D eigenvalue weighted by Crippen LogP contribution is 2.09. The summed E-state index contributed by atoms with van der Waals surface area (Å²) in [6.45, 7) is 2.57. The Morgan fingerprint density at radius 2 is 2.39 bits per heavy atom. The Kier molecular flexibility index (Phi) is 4.09. The molecule has 6 heteroatoms. The van der Waals surface area contributed by atoms with Gasteiger partial charge in [-0.2, -0.15) is 5.10 Å². The van der Waals surface area contributed by atoms with E-state index in [0.717, 1.165) is 4.47 Å². The number of carbonyl (C=O) groups is 1. The molecule has 2 aromatic heterocycles. The Labute approximate surface area is 113 Å². The number of rotatable bonds is 4. The van der Waals surface area contributed by atoms with Gasteiger partial charge in [-0.25, -0.2) is 0 Å². The summed E-state index contributed by atoms with van der Waals surface area (Å²) in [6.07, 6.45) is 6.76. The van der Waals surface area contributed by atoms with E-state index in [1.165, 1.54) is 0 Å². The van der Waals surface area contributed by atoms with Gasteiger partial charge in [-0.1, -0.05) is 0 Å². The molecule has 0 fully saturated rings. The van der Waals surface area contributed by atoms with Crippen LogP contribution in [0.5, 0.6) is 0 Å². The third kappa shape index (κ3) is 3.40. The standard InChI is InChI=1S/C12H13BrN4O/c1-9(8-17-4-2-3-15-17)16-12(18)10-5-11(13)7-14-6-10/h2-7,9H,8H2,1H3,(H,16,18)/t9-/m0/s1. The molecule has 1 atom stereocenters. The van der Waals surface area contributed by atoms with Crippen LogP contribution in [0.2, 0.25) is 0 Å². The van der Waals surface area contributed by atoms with Crippen LogP contribution in [0.25, 0.3) is 0 Å². The number of hydrogen-bond acceptors (Lipinski definition) is 3. The molecule has 2 rings (SSSR count). The summed E-state index contributed by atoms with van der Waals surface area (Å²) in [5.41, 5.74) is 0.539. The SMILES string of the molecule is C[C@@H](Cn1cccn1)NC(=O)c1cncc(Br)c1. The molecule has 0 saturated carbocycles. The molecule has 0 saturated heterocycles. The number of nitrogens with one attached hydrogen (secondary N) is 1. The van der Waals surface area contributed by atoms with Crippen molar-refractivity contribution in [1.29, 1.82) is 0 Å². The van der Waals surface area contributed by atoms with Gasteiger partial charge in [0.05, 0.1) is 12.1 Å². The molecule has 0 aliphatic heterocycles. The van der Waals surface area contributed by atoms with E-state index in [1.54, 1.807) is 29.3 Å². The third-order valence-electron chi connectivity index (χ3n) is 2.36. The Morgan fingerprint density at radius 3 is 3.06 bits per heavy atom. The molecule has 1 amide bonds. The van der Waals surface area contributed by atoms with Gasteiger partial charge in [-0.3, -0.25) is 14.5 Å². The van der Waals surface area contributed by atoms with E-state index >= 15 is 0 Å². The van der Waals surface area contributed by atoms with E-state index in [4.69, 9.17) is 0 Å². The summed E-state index contributed by atoms with van der Waals surface area (Å²) < 4.78 is 2.57. The van der Waals surface area contributed by atoms with Gasteiger partial charge in [0.25, 0.3) is 5.91 Å². The first kappa shape index (κ1) is 12.8. The lowest BCUT2D eigenvalue weighted by Gasteiger charge is -2.13. The molecule has 0 radical (unpaired) electrons. The zero-order valence-corrected chi connectivity index (χ0v) is 11.5. The van der Waals surface area contributed by atoms with Gasteiger partial charge in [0, 0.05) is 35.3 Å². The molecule has 1 N–H and O–H groups in total. The Balaban J connectivity index is 1.95. The number of nitrogens with zero attached hydrogens (tertiary/aromatic N) is 3. The van der Waals surface area contributed by atoms with Crippen LogP contribution in [-0.2, 0) is 6.54 Å². The summed E-state index contributed by atoms with van der Waals surface area (Å²) in [5, 5.41) is 7.00. The largest absolute Gasteiger partial charge is 0.348 e. The molecule has 2 aromatic rings. The van der Waals surface area contributed by atoms with Crippen LogP contribution in [0.1, 0.15) is 17.3 Å². The summed E-state index contributed by atoms with van der Waals surface area (Å²) >= 11 is 3.29. The van der Waals surface area contributed by atoms with E-state index in [2.05, 4.69) is 31.3 Å². The second-order valence-corrected chi connectivity index (χ2v) is 4.91. The molecule has 0 unspecified atom stereocenters.